The minimum Gasteiger partial charge on any atom is -1.00 e. The second kappa shape index (κ2) is 6.01. The van der Waals surface area contributed by atoms with Crippen molar-refractivity contribution in [2.45, 2.75) is 0 Å². The van der Waals surface area contributed by atoms with E-state index in [-0.39, 0.29) is 52.8 Å². The molecule has 0 rings (SSSR count). The van der Waals surface area contributed by atoms with Crippen LogP contribution in [0.4, 0.5) is 4.79 Å². The van der Waals surface area contributed by atoms with Crippen LogP contribution < -0.4 is 51.4 Å². The van der Waals surface area contributed by atoms with Gasteiger partial charge in [-0.05, 0) is 0 Å². The van der Waals surface area contributed by atoms with E-state index in [9.17, 15) is 4.79 Å². The van der Waals surface area contributed by atoms with E-state index >= 15 is 0 Å². The first-order valence-corrected chi connectivity index (χ1v) is 1.55. The maximum Gasteiger partial charge on any atom is 1.00 e. The van der Waals surface area contributed by atoms with Gasteiger partial charge in [-0.2, -0.15) is 0 Å². The maximum atomic E-state index is 9.17. The molecule has 0 aliphatic carbocycles. The van der Waals surface area contributed by atoms with Crippen LogP contribution in [0.1, 0.15) is 1.43 Å². The van der Waals surface area contributed by atoms with Crippen molar-refractivity contribution in [3.63, 3.8) is 0 Å². The molecule has 1 nitrogen and oxygen atoms in total. The third-order valence-corrected chi connectivity index (χ3v) is 0. The van der Waals surface area contributed by atoms with Crippen LogP contribution in [0.25, 0.3) is 0 Å². The number of hydrogen-bond acceptors (Lipinski definition) is 1. The Labute approximate surface area is 85.6 Å². The fourth-order valence-electron chi connectivity index (χ4n) is 0. The molecule has 0 saturated heterocycles. The van der Waals surface area contributed by atoms with Crippen molar-refractivity contribution in [2.75, 3.05) is 0 Å². The zero-order valence-electron chi connectivity index (χ0n) is 3.80. The second-order valence-electron chi connectivity index (χ2n) is 0.283. The fraction of sp³-hybridized carbons (Fsp3) is 0. The van der Waals surface area contributed by atoms with E-state index in [1.807, 2.05) is 0 Å². The van der Waals surface area contributed by atoms with Gasteiger partial charge in [0.25, 0.3) is 0 Å². The van der Waals surface area contributed by atoms with Crippen molar-refractivity contribution in [1.29, 1.82) is 0 Å². The summed E-state index contributed by atoms with van der Waals surface area (Å²) >= 11 is 6.38. The summed E-state index contributed by atoms with van der Waals surface area (Å²) in [6.45, 7) is 0. The van der Waals surface area contributed by atoms with Gasteiger partial charge in [-0.1, -0.05) is 25.3 Å². The number of hydrogen-bond donors (Lipinski definition) is 2. The third-order valence-electron chi connectivity index (χ3n) is 0. The molecule has 0 aromatic rings. The van der Waals surface area contributed by atoms with Crippen LogP contribution in [0.3, 0.4) is 0 Å². The molecule has 0 heterocycles. The Balaban J connectivity index is -0.0000000450. The molecule has 0 aromatic carbocycles. The first kappa shape index (κ1) is 10.1. The average molecular weight is 134 g/mol. The van der Waals surface area contributed by atoms with E-state index in [4.69, 9.17) is 0 Å². The Bertz CT molecular complexity index is 36.5. The standard InChI is InChI=1S/CH2OS2.K.H/c2-1(3)4;;/h(H2,2,3,4);;/q;+1;-1. The molecular weight excluding hydrogens is 131 g/mol. The van der Waals surface area contributed by atoms with Gasteiger partial charge in [0.1, 0.15) is 0 Å². The van der Waals surface area contributed by atoms with Gasteiger partial charge in [-0.25, -0.2) is 0 Å². The smallest absolute Gasteiger partial charge is 1.00 e. The Kier molecular flexibility index (Phi) is 12.1. The molecule has 0 bridgehead atoms. The maximum absolute atomic E-state index is 9.17. The van der Waals surface area contributed by atoms with Crippen LogP contribution in [0, 0.1) is 0 Å². The monoisotopic (exact) mass is 134 g/mol. The molecule has 0 aliphatic rings. The van der Waals surface area contributed by atoms with Gasteiger partial charge in [0, 0.05) is 0 Å². The molecule has 26 valence electrons. The van der Waals surface area contributed by atoms with E-state index in [0.717, 1.165) is 0 Å². The summed E-state index contributed by atoms with van der Waals surface area (Å²) in [7, 11) is 0. The van der Waals surface area contributed by atoms with E-state index in [2.05, 4.69) is 25.3 Å². The Morgan fingerprint density at radius 3 is 1.60 bits per heavy atom. The molecule has 0 atom stereocenters. The van der Waals surface area contributed by atoms with Crippen LogP contribution in [-0.2, 0) is 0 Å². The topological polar surface area (TPSA) is 17.1 Å². The summed E-state index contributed by atoms with van der Waals surface area (Å²) in [5.41, 5.74) is 0. The minimum absolute atomic E-state index is 0. The van der Waals surface area contributed by atoms with Crippen LogP contribution >= 0.6 is 25.3 Å². The van der Waals surface area contributed by atoms with Crippen LogP contribution in [-0.4, -0.2) is 4.45 Å². The summed E-state index contributed by atoms with van der Waals surface area (Å²) in [5, 5.41) is 0. The Hall–Kier alpha value is 2.01. The van der Waals surface area contributed by atoms with E-state index in [1.54, 1.807) is 0 Å². The van der Waals surface area contributed by atoms with Crippen molar-refractivity contribution in [3.05, 3.63) is 0 Å². The van der Waals surface area contributed by atoms with Crippen molar-refractivity contribution >= 4 is 29.7 Å². The zero-order valence-corrected chi connectivity index (χ0v) is 7.71. The summed E-state index contributed by atoms with van der Waals surface area (Å²) in [5.74, 6) is 0. The van der Waals surface area contributed by atoms with Gasteiger partial charge in [-0.3, -0.25) is 4.79 Å². The average Bonchev–Trinajstić information content (AvgIpc) is 0.811. The predicted molar refractivity (Wildman–Crippen MR) is 24.5 cm³/mol. The van der Waals surface area contributed by atoms with Gasteiger partial charge in [0.2, 0.25) is 4.45 Å². The molecule has 0 amide bonds. The molecule has 0 unspecified atom stereocenters. The zero-order chi connectivity index (χ0) is 3.58. The Morgan fingerprint density at radius 1 is 1.60 bits per heavy atom. The van der Waals surface area contributed by atoms with Crippen molar-refractivity contribution in [2.24, 2.45) is 0 Å². The molecular formula is CH3KOS2. The van der Waals surface area contributed by atoms with Gasteiger partial charge in [0.15, 0.2) is 0 Å². The summed E-state index contributed by atoms with van der Waals surface area (Å²) < 4.78 is -0.444. The van der Waals surface area contributed by atoms with Crippen molar-refractivity contribution in [1.82, 2.24) is 0 Å². The van der Waals surface area contributed by atoms with E-state index < -0.39 is 4.45 Å². The van der Waals surface area contributed by atoms with Crippen LogP contribution in [0.5, 0.6) is 0 Å². The normalized spacial score (nSPS) is 5.20. The molecule has 0 spiro atoms. The molecule has 0 aliphatic heterocycles. The molecule has 0 N–H and O–H groups in total. The first-order chi connectivity index (χ1) is 1.73. The second-order valence-corrected chi connectivity index (χ2v) is 1.45. The summed E-state index contributed by atoms with van der Waals surface area (Å²) in [4.78, 5) is 9.17. The molecule has 0 radical (unpaired) electrons. The molecule has 4 heteroatoms. The van der Waals surface area contributed by atoms with Crippen LogP contribution in [0.15, 0.2) is 0 Å². The number of rotatable bonds is 0. The van der Waals surface area contributed by atoms with E-state index in [1.165, 1.54) is 0 Å². The van der Waals surface area contributed by atoms with Crippen molar-refractivity contribution in [3.8, 4) is 0 Å². The van der Waals surface area contributed by atoms with Gasteiger partial charge in [0.05, 0.1) is 0 Å². The Morgan fingerprint density at radius 2 is 1.60 bits per heavy atom. The number of carbonyl (C=O) groups is 1. The van der Waals surface area contributed by atoms with Crippen molar-refractivity contribution < 1.29 is 57.6 Å². The fourth-order valence-corrected chi connectivity index (χ4v) is 0. The number of carbonyl (C=O) groups excluding carboxylic acids is 1. The van der Waals surface area contributed by atoms with E-state index in [0.29, 0.717) is 0 Å². The van der Waals surface area contributed by atoms with Crippen LogP contribution in [0.2, 0.25) is 0 Å². The largest absolute Gasteiger partial charge is 1.00 e. The minimum atomic E-state index is -0.444. The third kappa shape index (κ3) is 23.9. The summed E-state index contributed by atoms with van der Waals surface area (Å²) in [6, 6.07) is 0. The number of thiol groups is 2. The molecule has 0 aromatic heterocycles. The molecule has 0 fully saturated rings. The predicted octanol–water partition coefficient (Wildman–Crippen LogP) is -1.92. The molecule has 5 heavy (non-hydrogen) atoms. The van der Waals surface area contributed by atoms with Gasteiger partial charge < -0.3 is 1.43 Å². The van der Waals surface area contributed by atoms with Gasteiger partial charge >= 0.3 is 51.4 Å². The van der Waals surface area contributed by atoms with Gasteiger partial charge in [-0.15, -0.1) is 0 Å². The quantitative estimate of drug-likeness (QED) is 0.292. The first-order valence-electron chi connectivity index (χ1n) is 0.651. The SMILES string of the molecule is O=C(S)S.[H-].[K+]. The summed E-state index contributed by atoms with van der Waals surface area (Å²) in [6.07, 6.45) is 0. The molecule has 0 saturated carbocycles.